The van der Waals surface area contributed by atoms with E-state index in [1.165, 1.54) is 10.4 Å². The van der Waals surface area contributed by atoms with E-state index in [1.54, 1.807) is 49.2 Å². The number of allylic oxidation sites excluding steroid dienone is 1. The smallest absolute Gasteiger partial charge is 0.237 e. The van der Waals surface area contributed by atoms with E-state index in [1.807, 2.05) is 21.0 Å². The molecule has 0 aliphatic heterocycles. The second kappa shape index (κ2) is 8.15. The number of carbonyl (C=O) groups excluding carboxylic acids is 1. The first kappa shape index (κ1) is 19.2. The van der Waals surface area contributed by atoms with Crippen molar-refractivity contribution in [2.75, 3.05) is 24.9 Å². The molecule has 0 bridgehead atoms. The topological polar surface area (TPSA) is 57.7 Å². The molecular weight excluding hydrogens is 312 g/mol. The van der Waals surface area contributed by atoms with E-state index in [-0.39, 0.29) is 5.78 Å². The minimum Gasteiger partial charge on any atom is -0.383 e. The van der Waals surface area contributed by atoms with Crippen LogP contribution in [0.5, 0.6) is 0 Å². The summed E-state index contributed by atoms with van der Waals surface area (Å²) < 4.78 is 26.5. The first-order valence-electron chi connectivity index (χ1n) is 7.70. The van der Waals surface area contributed by atoms with E-state index < -0.39 is 15.3 Å². The molecule has 128 valence electrons. The SMILES string of the molecule is CCCN(c1cccc(C(=O)C=CN(C)C)c1)S(=O)(=O)C(C)C. The quantitative estimate of drug-likeness (QED) is 0.540. The van der Waals surface area contributed by atoms with Gasteiger partial charge in [0.1, 0.15) is 0 Å². The summed E-state index contributed by atoms with van der Waals surface area (Å²) in [4.78, 5) is 14.0. The number of carbonyl (C=O) groups is 1. The molecule has 0 atom stereocenters. The standard InChI is InChI=1S/C17H26N2O3S/c1-6-11-19(23(21,22)14(2)3)16-9-7-8-15(13-16)17(20)10-12-18(4)5/h7-10,12-14H,6,11H2,1-5H3. The maximum absolute atomic E-state index is 12.5. The Kier molecular flexibility index (Phi) is 6.81. The first-order valence-corrected chi connectivity index (χ1v) is 9.21. The second-order valence-corrected chi connectivity index (χ2v) is 8.27. The average molecular weight is 338 g/mol. The summed E-state index contributed by atoms with van der Waals surface area (Å²) in [6.07, 6.45) is 3.84. The van der Waals surface area contributed by atoms with Crippen molar-refractivity contribution in [2.45, 2.75) is 32.4 Å². The highest BCUT2D eigenvalue weighted by Gasteiger charge is 2.25. The Morgan fingerprint density at radius 2 is 1.91 bits per heavy atom. The third kappa shape index (κ3) is 5.10. The van der Waals surface area contributed by atoms with Gasteiger partial charge in [-0.25, -0.2) is 8.42 Å². The number of hydrogen-bond donors (Lipinski definition) is 0. The number of nitrogens with zero attached hydrogens (tertiary/aromatic N) is 2. The fourth-order valence-corrected chi connectivity index (χ4v) is 3.34. The molecule has 0 amide bonds. The highest BCUT2D eigenvalue weighted by Crippen LogP contribution is 2.23. The van der Waals surface area contributed by atoms with Crippen molar-refractivity contribution in [1.29, 1.82) is 0 Å². The van der Waals surface area contributed by atoms with Crippen LogP contribution in [0.1, 0.15) is 37.6 Å². The Hall–Kier alpha value is -1.82. The van der Waals surface area contributed by atoms with Crippen LogP contribution in [0.15, 0.2) is 36.5 Å². The zero-order chi connectivity index (χ0) is 17.6. The molecule has 1 rings (SSSR count). The lowest BCUT2D eigenvalue weighted by molar-refractivity contribution is 0.104. The van der Waals surface area contributed by atoms with Crippen molar-refractivity contribution in [3.63, 3.8) is 0 Å². The fourth-order valence-electron chi connectivity index (χ4n) is 1.99. The molecule has 0 aromatic heterocycles. The molecule has 0 saturated heterocycles. The molecule has 5 nitrogen and oxygen atoms in total. The van der Waals surface area contributed by atoms with E-state index in [9.17, 15) is 13.2 Å². The predicted molar refractivity (Wildman–Crippen MR) is 95.3 cm³/mol. The van der Waals surface area contributed by atoms with Crippen molar-refractivity contribution >= 4 is 21.5 Å². The lowest BCUT2D eigenvalue weighted by atomic mass is 10.1. The molecule has 1 aromatic rings. The zero-order valence-electron chi connectivity index (χ0n) is 14.5. The minimum atomic E-state index is -3.43. The van der Waals surface area contributed by atoms with Gasteiger partial charge < -0.3 is 4.90 Å². The van der Waals surface area contributed by atoms with Crippen LogP contribution in [-0.4, -0.2) is 45.0 Å². The van der Waals surface area contributed by atoms with Crippen molar-refractivity contribution in [1.82, 2.24) is 4.90 Å². The zero-order valence-corrected chi connectivity index (χ0v) is 15.3. The summed E-state index contributed by atoms with van der Waals surface area (Å²) in [5, 5.41) is -0.512. The van der Waals surface area contributed by atoms with Gasteiger partial charge in [-0.3, -0.25) is 9.10 Å². The van der Waals surface area contributed by atoms with Crippen molar-refractivity contribution in [3.05, 3.63) is 42.1 Å². The Bertz CT molecular complexity index is 664. The molecule has 0 spiro atoms. The predicted octanol–water partition coefficient (Wildman–Crippen LogP) is 2.90. The van der Waals surface area contributed by atoms with Gasteiger partial charge in [-0.05, 0) is 32.4 Å². The summed E-state index contributed by atoms with van der Waals surface area (Å²) in [5.41, 5.74) is 1.00. The molecule has 0 aliphatic rings. The van der Waals surface area contributed by atoms with Gasteiger partial charge in [-0.15, -0.1) is 0 Å². The highest BCUT2D eigenvalue weighted by atomic mass is 32.2. The third-order valence-electron chi connectivity index (χ3n) is 3.27. The highest BCUT2D eigenvalue weighted by molar-refractivity contribution is 7.93. The summed E-state index contributed by atoms with van der Waals surface area (Å²) in [7, 11) is 0.237. The number of anilines is 1. The van der Waals surface area contributed by atoms with Crippen LogP contribution in [0.4, 0.5) is 5.69 Å². The minimum absolute atomic E-state index is 0.154. The summed E-state index contributed by atoms with van der Waals surface area (Å²) >= 11 is 0. The van der Waals surface area contributed by atoms with Crippen LogP contribution in [0, 0.1) is 0 Å². The summed E-state index contributed by atoms with van der Waals surface area (Å²) in [6, 6.07) is 6.77. The van der Waals surface area contributed by atoms with Gasteiger partial charge in [-0.2, -0.15) is 0 Å². The molecule has 0 aliphatic carbocycles. The van der Waals surface area contributed by atoms with Gasteiger partial charge in [0.2, 0.25) is 10.0 Å². The molecule has 0 fully saturated rings. The van der Waals surface area contributed by atoms with Crippen molar-refractivity contribution < 1.29 is 13.2 Å². The lowest BCUT2D eigenvalue weighted by Crippen LogP contribution is -2.37. The fraction of sp³-hybridized carbons (Fsp3) is 0.471. The van der Waals surface area contributed by atoms with E-state index in [2.05, 4.69) is 0 Å². The van der Waals surface area contributed by atoms with Crippen LogP contribution in [-0.2, 0) is 10.0 Å². The average Bonchev–Trinajstić information content (AvgIpc) is 2.49. The van der Waals surface area contributed by atoms with Gasteiger partial charge >= 0.3 is 0 Å². The molecule has 0 unspecified atom stereocenters. The van der Waals surface area contributed by atoms with Crippen molar-refractivity contribution in [3.8, 4) is 0 Å². The third-order valence-corrected chi connectivity index (χ3v) is 5.47. The summed E-state index contributed by atoms with van der Waals surface area (Å²) in [6.45, 7) is 5.64. The number of ketones is 1. The van der Waals surface area contributed by atoms with Gasteiger partial charge in [0.25, 0.3) is 0 Å². The Balaban J connectivity index is 3.21. The Morgan fingerprint density at radius 1 is 1.26 bits per heavy atom. The molecule has 0 radical (unpaired) electrons. The van der Waals surface area contributed by atoms with Gasteiger partial charge in [-0.1, -0.05) is 19.1 Å². The number of sulfonamides is 1. The maximum Gasteiger partial charge on any atom is 0.237 e. The Labute approximate surface area is 139 Å². The molecule has 0 heterocycles. The first-order chi connectivity index (χ1) is 10.7. The number of hydrogen-bond acceptors (Lipinski definition) is 4. The monoisotopic (exact) mass is 338 g/mol. The van der Waals surface area contributed by atoms with E-state index in [4.69, 9.17) is 0 Å². The molecule has 0 saturated carbocycles. The second-order valence-electron chi connectivity index (χ2n) is 5.86. The van der Waals surface area contributed by atoms with Crippen LogP contribution >= 0.6 is 0 Å². The van der Waals surface area contributed by atoms with Crippen LogP contribution < -0.4 is 4.31 Å². The lowest BCUT2D eigenvalue weighted by Gasteiger charge is -2.26. The molecule has 0 N–H and O–H groups in total. The molecule has 1 aromatic carbocycles. The van der Waals surface area contributed by atoms with Crippen LogP contribution in [0.2, 0.25) is 0 Å². The largest absolute Gasteiger partial charge is 0.383 e. The van der Waals surface area contributed by atoms with Crippen LogP contribution in [0.3, 0.4) is 0 Å². The van der Waals surface area contributed by atoms with Gasteiger partial charge in [0.15, 0.2) is 5.78 Å². The number of rotatable bonds is 8. The van der Waals surface area contributed by atoms with Crippen LogP contribution in [0.25, 0.3) is 0 Å². The van der Waals surface area contributed by atoms with Gasteiger partial charge in [0, 0.05) is 38.5 Å². The molecule has 6 heteroatoms. The normalized spacial score (nSPS) is 11.9. The Morgan fingerprint density at radius 3 is 2.43 bits per heavy atom. The molecule has 23 heavy (non-hydrogen) atoms. The van der Waals surface area contributed by atoms with Crippen molar-refractivity contribution in [2.24, 2.45) is 0 Å². The van der Waals surface area contributed by atoms with Gasteiger partial charge in [0.05, 0.1) is 10.9 Å². The van der Waals surface area contributed by atoms with E-state index in [0.29, 0.717) is 24.2 Å². The molecular formula is C17H26N2O3S. The summed E-state index contributed by atoms with van der Waals surface area (Å²) in [5.74, 6) is -0.154. The van der Waals surface area contributed by atoms with E-state index >= 15 is 0 Å². The number of benzene rings is 1. The van der Waals surface area contributed by atoms with E-state index in [0.717, 1.165) is 0 Å². The maximum atomic E-state index is 12.5.